The van der Waals surface area contributed by atoms with E-state index in [0.717, 1.165) is 23.4 Å². The number of fused-ring (bicyclic) bond motifs is 1. The van der Waals surface area contributed by atoms with E-state index >= 15 is 0 Å². The highest BCUT2D eigenvalue weighted by Gasteiger charge is 2.35. The van der Waals surface area contributed by atoms with E-state index in [2.05, 4.69) is 10.2 Å². The summed E-state index contributed by atoms with van der Waals surface area (Å²) < 4.78 is 41.5. The van der Waals surface area contributed by atoms with E-state index in [-0.39, 0.29) is 18.4 Å². The molecule has 1 aromatic carbocycles. The second-order valence-electron chi connectivity index (χ2n) is 7.08. The number of aromatic nitrogens is 4. The lowest BCUT2D eigenvalue weighted by atomic mass is 10.0. The molecule has 0 spiro atoms. The number of hydrogen-bond acceptors (Lipinski definition) is 3. The SMILES string of the molecule is Cn1nc(CC(=O)N2CCCC(n3ccc(C(F)(F)F)n3)C2)c2ccccc21. The quantitative estimate of drug-likeness (QED) is 0.689. The Kier molecular flexibility index (Phi) is 4.60. The Balaban J connectivity index is 1.48. The van der Waals surface area contributed by atoms with Gasteiger partial charge in [-0.1, -0.05) is 18.2 Å². The van der Waals surface area contributed by atoms with Gasteiger partial charge in [0.05, 0.1) is 23.7 Å². The summed E-state index contributed by atoms with van der Waals surface area (Å²) in [5, 5.41) is 9.06. The van der Waals surface area contributed by atoms with Crippen LogP contribution in [0.5, 0.6) is 0 Å². The van der Waals surface area contributed by atoms with Crippen molar-refractivity contribution in [3.63, 3.8) is 0 Å². The van der Waals surface area contributed by atoms with Crippen molar-refractivity contribution in [1.29, 1.82) is 0 Å². The van der Waals surface area contributed by atoms with Gasteiger partial charge in [0, 0.05) is 31.7 Å². The average molecular weight is 391 g/mol. The van der Waals surface area contributed by atoms with Gasteiger partial charge in [0.2, 0.25) is 5.91 Å². The molecule has 0 saturated carbocycles. The number of rotatable bonds is 3. The number of benzene rings is 1. The van der Waals surface area contributed by atoms with Gasteiger partial charge in [0.1, 0.15) is 0 Å². The molecule has 0 aliphatic carbocycles. The standard InChI is InChI=1S/C19H20F3N5O/c1-25-16-7-3-2-6-14(16)15(23-25)11-18(28)26-9-4-5-13(12-26)27-10-8-17(24-27)19(20,21)22/h2-3,6-8,10,13H,4-5,9,11-12H2,1H3. The van der Waals surface area contributed by atoms with Gasteiger partial charge in [-0.25, -0.2) is 0 Å². The molecule has 1 fully saturated rings. The van der Waals surface area contributed by atoms with Crippen molar-refractivity contribution in [3.8, 4) is 0 Å². The van der Waals surface area contributed by atoms with Crippen molar-refractivity contribution < 1.29 is 18.0 Å². The van der Waals surface area contributed by atoms with Crippen molar-refractivity contribution in [2.75, 3.05) is 13.1 Å². The van der Waals surface area contributed by atoms with Crippen molar-refractivity contribution >= 4 is 16.8 Å². The lowest BCUT2D eigenvalue weighted by molar-refractivity contribution is -0.142. The highest BCUT2D eigenvalue weighted by Crippen LogP contribution is 2.29. The third-order valence-corrected chi connectivity index (χ3v) is 5.18. The number of likely N-dealkylation sites (tertiary alicyclic amines) is 1. The van der Waals surface area contributed by atoms with Crippen LogP contribution in [0.2, 0.25) is 0 Å². The fraction of sp³-hybridized carbons (Fsp3) is 0.421. The smallest absolute Gasteiger partial charge is 0.340 e. The Bertz CT molecular complexity index is 1010. The number of carbonyl (C=O) groups excluding carboxylic acids is 1. The minimum absolute atomic E-state index is 0.0724. The molecule has 1 aliphatic heterocycles. The number of nitrogens with zero attached hydrogens (tertiary/aromatic N) is 5. The summed E-state index contributed by atoms with van der Waals surface area (Å²) in [6, 6.07) is 8.43. The summed E-state index contributed by atoms with van der Waals surface area (Å²) in [5.41, 5.74) is 0.762. The summed E-state index contributed by atoms with van der Waals surface area (Å²) >= 11 is 0. The molecule has 2 aromatic heterocycles. The number of para-hydroxylation sites is 1. The Morgan fingerprint density at radius 3 is 2.75 bits per heavy atom. The summed E-state index contributed by atoms with van der Waals surface area (Å²) in [6.45, 7) is 0.941. The zero-order valence-electron chi connectivity index (χ0n) is 15.4. The number of halogens is 3. The van der Waals surface area contributed by atoms with Crippen LogP contribution in [-0.2, 0) is 24.4 Å². The average Bonchev–Trinajstić information content (AvgIpc) is 3.28. The van der Waals surface area contributed by atoms with Gasteiger partial charge in [-0.3, -0.25) is 14.2 Å². The fourth-order valence-electron chi connectivity index (χ4n) is 3.76. The van der Waals surface area contributed by atoms with E-state index in [0.29, 0.717) is 25.2 Å². The molecule has 1 saturated heterocycles. The highest BCUT2D eigenvalue weighted by atomic mass is 19.4. The number of amides is 1. The van der Waals surface area contributed by atoms with Crippen molar-refractivity contribution in [1.82, 2.24) is 24.5 Å². The van der Waals surface area contributed by atoms with E-state index in [1.807, 2.05) is 31.3 Å². The zero-order chi connectivity index (χ0) is 19.9. The van der Waals surface area contributed by atoms with Crippen LogP contribution in [0.4, 0.5) is 13.2 Å². The zero-order valence-corrected chi connectivity index (χ0v) is 15.4. The Labute approximate surface area is 159 Å². The fourth-order valence-corrected chi connectivity index (χ4v) is 3.76. The second kappa shape index (κ2) is 6.96. The maximum absolute atomic E-state index is 12.8. The third kappa shape index (κ3) is 3.48. The van der Waals surface area contributed by atoms with Crippen molar-refractivity contribution in [2.45, 2.75) is 31.5 Å². The second-order valence-corrected chi connectivity index (χ2v) is 7.08. The summed E-state index contributed by atoms with van der Waals surface area (Å²) in [7, 11) is 1.84. The minimum atomic E-state index is -4.46. The molecule has 0 N–H and O–H groups in total. The van der Waals surface area contributed by atoms with E-state index in [9.17, 15) is 18.0 Å². The van der Waals surface area contributed by atoms with Crippen LogP contribution in [0.1, 0.15) is 30.3 Å². The maximum Gasteiger partial charge on any atom is 0.435 e. The number of piperidine rings is 1. The van der Waals surface area contributed by atoms with Gasteiger partial charge in [0.15, 0.2) is 5.69 Å². The lowest BCUT2D eigenvalue weighted by Crippen LogP contribution is -2.41. The van der Waals surface area contributed by atoms with Gasteiger partial charge in [-0.15, -0.1) is 0 Å². The van der Waals surface area contributed by atoms with Gasteiger partial charge in [0.25, 0.3) is 0 Å². The molecule has 6 nitrogen and oxygen atoms in total. The molecule has 1 amide bonds. The third-order valence-electron chi connectivity index (χ3n) is 5.18. The number of alkyl halides is 3. The summed E-state index contributed by atoms with van der Waals surface area (Å²) in [4.78, 5) is 14.5. The molecule has 9 heteroatoms. The highest BCUT2D eigenvalue weighted by molar-refractivity contribution is 5.87. The van der Waals surface area contributed by atoms with Crippen LogP contribution >= 0.6 is 0 Å². The molecule has 1 atom stereocenters. The van der Waals surface area contributed by atoms with Crippen LogP contribution in [0.15, 0.2) is 36.5 Å². The normalized spacial score (nSPS) is 18.0. The van der Waals surface area contributed by atoms with Crippen molar-refractivity contribution in [2.24, 2.45) is 7.05 Å². The van der Waals surface area contributed by atoms with Gasteiger partial charge in [-0.2, -0.15) is 23.4 Å². The maximum atomic E-state index is 12.8. The molecule has 148 valence electrons. The largest absolute Gasteiger partial charge is 0.435 e. The number of carbonyl (C=O) groups is 1. The first kappa shape index (κ1) is 18.5. The first-order chi connectivity index (χ1) is 13.3. The van der Waals surface area contributed by atoms with E-state index in [4.69, 9.17) is 0 Å². The Hall–Kier alpha value is -2.84. The molecule has 4 rings (SSSR count). The molecule has 0 bridgehead atoms. The van der Waals surface area contributed by atoms with Crippen molar-refractivity contribution in [3.05, 3.63) is 47.9 Å². The molecule has 1 aliphatic rings. The predicted molar refractivity (Wildman–Crippen MR) is 96.5 cm³/mol. The van der Waals surface area contributed by atoms with Crippen LogP contribution in [-0.4, -0.2) is 43.5 Å². The predicted octanol–water partition coefficient (Wildman–Crippen LogP) is 3.19. The van der Waals surface area contributed by atoms with Crippen LogP contribution in [0, 0.1) is 0 Å². The monoisotopic (exact) mass is 391 g/mol. The Morgan fingerprint density at radius 1 is 1.21 bits per heavy atom. The molecular formula is C19H20F3N5O. The number of hydrogen-bond donors (Lipinski definition) is 0. The molecule has 3 heterocycles. The van der Waals surface area contributed by atoms with E-state index < -0.39 is 11.9 Å². The minimum Gasteiger partial charge on any atom is -0.340 e. The molecule has 28 heavy (non-hydrogen) atoms. The first-order valence-corrected chi connectivity index (χ1v) is 9.13. The lowest BCUT2D eigenvalue weighted by Gasteiger charge is -2.32. The van der Waals surface area contributed by atoms with Crippen LogP contribution in [0.25, 0.3) is 10.9 Å². The van der Waals surface area contributed by atoms with Gasteiger partial charge >= 0.3 is 6.18 Å². The van der Waals surface area contributed by atoms with Crippen LogP contribution < -0.4 is 0 Å². The molecule has 1 unspecified atom stereocenters. The van der Waals surface area contributed by atoms with E-state index in [1.54, 1.807) is 9.58 Å². The molecule has 3 aromatic rings. The topological polar surface area (TPSA) is 56.0 Å². The van der Waals surface area contributed by atoms with Gasteiger partial charge in [-0.05, 0) is 25.0 Å². The summed E-state index contributed by atoms with van der Waals surface area (Å²) in [5.74, 6) is -0.0724. The molecule has 0 radical (unpaired) electrons. The van der Waals surface area contributed by atoms with Crippen LogP contribution in [0.3, 0.4) is 0 Å². The number of aryl methyl sites for hydroxylation is 1. The van der Waals surface area contributed by atoms with E-state index in [1.165, 1.54) is 10.9 Å². The van der Waals surface area contributed by atoms with Gasteiger partial charge < -0.3 is 4.90 Å². The first-order valence-electron chi connectivity index (χ1n) is 9.13. The summed E-state index contributed by atoms with van der Waals surface area (Å²) in [6.07, 6.45) is -1.54. The molecular weight excluding hydrogens is 371 g/mol. The Morgan fingerprint density at radius 2 is 2.00 bits per heavy atom.